The van der Waals surface area contributed by atoms with E-state index < -0.39 is 5.97 Å². The molecule has 3 rings (SSSR count). The normalized spacial score (nSPS) is 10.2. The molecule has 152 valence electrons. The molecule has 30 heavy (non-hydrogen) atoms. The Hall–Kier alpha value is -3.93. The SMILES string of the molecule is CC(=O)Oc1cccc(C(=O)NCc2ccc(NC(=O)c3cccc(C)c3)cc2)c1. The smallest absolute Gasteiger partial charge is 0.308 e. The van der Waals surface area contributed by atoms with Gasteiger partial charge in [0.05, 0.1) is 0 Å². The molecule has 3 aromatic rings. The van der Waals surface area contributed by atoms with Gasteiger partial charge in [0.2, 0.25) is 0 Å². The minimum Gasteiger partial charge on any atom is -0.427 e. The van der Waals surface area contributed by atoms with Gasteiger partial charge in [0.15, 0.2) is 0 Å². The Bertz CT molecular complexity index is 1070. The molecule has 0 saturated heterocycles. The summed E-state index contributed by atoms with van der Waals surface area (Å²) >= 11 is 0. The zero-order chi connectivity index (χ0) is 21.5. The maximum atomic E-state index is 12.3. The first-order valence-corrected chi connectivity index (χ1v) is 9.44. The van der Waals surface area contributed by atoms with Crippen molar-refractivity contribution in [3.63, 3.8) is 0 Å². The van der Waals surface area contributed by atoms with Gasteiger partial charge in [0.1, 0.15) is 5.75 Å². The second kappa shape index (κ2) is 9.52. The largest absolute Gasteiger partial charge is 0.427 e. The molecule has 0 fully saturated rings. The minimum atomic E-state index is -0.442. The molecule has 6 heteroatoms. The molecule has 0 radical (unpaired) electrons. The molecular formula is C24H22N2O4. The molecule has 3 aromatic carbocycles. The monoisotopic (exact) mass is 402 g/mol. The van der Waals surface area contributed by atoms with Crippen molar-refractivity contribution in [2.24, 2.45) is 0 Å². The zero-order valence-corrected chi connectivity index (χ0v) is 16.8. The van der Waals surface area contributed by atoms with Gasteiger partial charge in [-0.05, 0) is 55.0 Å². The van der Waals surface area contributed by atoms with Crippen molar-refractivity contribution in [3.8, 4) is 5.75 Å². The average molecular weight is 402 g/mol. The molecule has 0 heterocycles. The predicted octanol–water partition coefficient (Wildman–Crippen LogP) is 4.10. The van der Waals surface area contributed by atoms with Crippen LogP contribution in [0.5, 0.6) is 5.75 Å². The lowest BCUT2D eigenvalue weighted by Gasteiger charge is -2.09. The average Bonchev–Trinajstić information content (AvgIpc) is 2.72. The number of ether oxygens (including phenoxy) is 1. The minimum absolute atomic E-state index is 0.174. The van der Waals surface area contributed by atoms with Crippen LogP contribution in [0.2, 0.25) is 0 Å². The number of nitrogens with one attached hydrogen (secondary N) is 2. The fourth-order valence-corrected chi connectivity index (χ4v) is 2.85. The van der Waals surface area contributed by atoms with Gasteiger partial charge in [0.25, 0.3) is 11.8 Å². The van der Waals surface area contributed by atoms with Crippen molar-refractivity contribution in [1.82, 2.24) is 5.32 Å². The number of amides is 2. The summed E-state index contributed by atoms with van der Waals surface area (Å²) in [7, 11) is 0. The molecule has 0 aliphatic heterocycles. The van der Waals surface area contributed by atoms with Crippen LogP contribution in [0, 0.1) is 6.92 Å². The number of rotatable bonds is 6. The second-order valence-corrected chi connectivity index (χ2v) is 6.82. The summed E-state index contributed by atoms with van der Waals surface area (Å²) in [6, 6.07) is 21.0. The van der Waals surface area contributed by atoms with E-state index in [-0.39, 0.29) is 11.8 Å². The van der Waals surface area contributed by atoms with Crippen molar-refractivity contribution in [2.75, 3.05) is 5.32 Å². The highest BCUT2D eigenvalue weighted by molar-refractivity contribution is 6.04. The molecule has 0 saturated carbocycles. The molecule has 0 aliphatic carbocycles. The third-order valence-corrected chi connectivity index (χ3v) is 4.30. The van der Waals surface area contributed by atoms with Crippen LogP contribution in [-0.4, -0.2) is 17.8 Å². The van der Waals surface area contributed by atoms with E-state index in [1.54, 1.807) is 36.4 Å². The Morgan fingerprint density at radius 2 is 1.50 bits per heavy atom. The van der Waals surface area contributed by atoms with Crippen LogP contribution in [0.4, 0.5) is 5.69 Å². The highest BCUT2D eigenvalue weighted by atomic mass is 16.5. The van der Waals surface area contributed by atoms with E-state index in [9.17, 15) is 14.4 Å². The summed E-state index contributed by atoms with van der Waals surface area (Å²) in [5, 5.41) is 5.68. The zero-order valence-electron chi connectivity index (χ0n) is 16.8. The third kappa shape index (κ3) is 5.78. The first-order valence-electron chi connectivity index (χ1n) is 9.44. The van der Waals surface area contributed by atoms with Gasteiger partial charge in [-0.15, -0.1) is 0 Å². The number of aryl methyl sites for hydroxylation is 1. The van der Waals surface area contributed by atoms with Crippen LogP contribution in [0.25, 0.3) is 0 Å². The molecule has 6 nitrogen and oxygen atoms in total. The number of anilines is 1. The lowest BCUT2D eigenvalue weighted by atomic mass is 10.1. The van der Waals surface area contributed by atoms with Gasteiger partial charge in [-0.1, -0.05) is 35.9 Å². The van der Waals surface area contributed by atoms with Gasteiger partial charge in [-0.2, -0.15) is 0 Å². The molecule has 0 bridgehead atoms. The van der Waals surface area contributed by atoms with Crippen molar-refractivity contribution in [3.05, 3.63) is 95.1 Å². The molecule has 0 aliphatic rings. The topological polar surface area (TPSA) is 84.5 Å². The van der Waals surface area contributed by atoms with Gasteiger partial charge in [-0.3, -0.25) is 14.4 Å². The van der Waals surface area contributed by atoms with Crippen LogP contribution in [0.1, 0.15) is 38.8 Å². The number of hydrogen-bond donors (Lipinski definition) is 2. The number of carbonyl (C=O) groups is 3. The highest BCUT2D eigenvalue weighted by Gasteiger charge is 2.09. The first kappa shape index (κ1) is 20.8. The first-order chi connectivity index (χ1) is 14.4. The van der Waals surface area contributed by atoms with Crippen LogP contribution in [0.15, 0.2) is 72.8 Å². The summed E-state index contributed by atoms with van der Waals surface area (Å²) in [6.07, 6.45) is 0. The molecule has 0 atom stereocenters. The van der Waals surface area contributed by atoms with Crippen LogP contribution < -0.4 is 15.4 Å². The number of esters is 1. The second-order valence-electron chi connectivity index (χ2n) is 6.82. The van der Waals surface area contributed by atoms with E-state index in [0.717, 1.165) is 11.1 Å². The summed E-state index contributed by atoms with van der Waals surface area (Å²) in [6.45, 7) is 3.56. The summed E-state index contributed by atoms with van der Waals surface area (Å²) in [4.78, 5) is 35.7. The quantitative estimate of drug-likeness (QED) is 0.480. The molecule has 0 unspecified atom stereocenters. The van der Waals surface area contributed by atoms with Gasteiger partial charge in [-0.25, -0.2) is 0 Å². The number of carbonyl (C=O) groups excluding carboxylic acids is 3. The fourth-order valence-electron chi connectivity index (χ4n) is 2.85. The molecule has 2 N–H and O–H groups in total. The van der Waals surface area contributed by atoms with Crippen molar-refractivity contribution in [2.45, 2.75) is 20.4 Å². The van der Waals surface area contributed by atoms with E-state index in [0.29, 0.717) is 29.1 Å². The number of benzene rings is 3. The molecular weight excluding hydrogens is 380 g/mol. The van der Waals surface area contributed by atoms with E-state index in [1.807, 2.05) is 37.3 Å². The predicted molar refractivity (Wildman–Crippen MR) is 114 cm³/mol. The van der Waals surface area contributed by atoms with Crippen molar-refractivity contribution >= 4 is 23.5 Å². The van der Waals surface area contributed by atoms with Crippen LogP contribution >= 0.6 is 0 Å². The van der Waals surface area contributed by atoms with Gasteiger partial charge < -0.3 is 15.4 Å². The Labute approximate surface area is 174 Å². The Morgan fingerprint density at radius 3 is 2.17 bits per heavy atom. The van der Waals surface area contributed by atoms with Crippen LogP contribution in [0.3, 0.4) is 0 Å². The van der Waals surface area contributed by atoms with Crippen molar-refractivity contribution < 1.29 is 19.1 Å². The molecule has 2 amide bonds. The van der Waals surface area contributed by atoms with E-state index in [1.165, 1.54) is 13.0 Å². The van der Waals surface area contributed by atoms with Crippen LogP contribution in [-0.2, 0) is 11.3 Å². The lowest BCUT2D eigenvalue weighted by molar-refractivity contribution is -0.131. The van der Waals surface area contributed by atoms with E-state index >= 15 is 0 Å². The van der Waals surface area contributed by atoms with E-state index in [2.05, 4.69) is 10.6 Å². The molecule has 0 spiro atoms. The third-order valence-electron chi connectivity index (χ3n) is 4.30. The highest BCUT2D eigenvalue weighted by Crippen LogP contribution is 2.15. The Balaban J connectivity index is 1.56. The maximum Gasteiger partial charge on any atom is 0.308 e. The van der Waals surface area contributed by atoms with E-state index in [4.69, 9.17) is 4.74 Å². The standard InChI is InChI=1S/C24H22N2O4/c1-16-5-3-6-19(13-16)24(29)26-21-11-9-18(10-12-21)15-25-23(28)20-7-4-8-22(14-20)30-17(2)27/h3-14H,15H2,1-2H3,(H,25,28)(H,26,29). The number of hydrogen-bond acceptors (Lipinski definition) is 4. The maximum absolute atomic E-state index is 12.3. The van der Waals surface area contributed by atoms with Gasteiger partial charge >= 0.3 is 5.97 Å². The van der Waals surface area contributed by atoms with Crippen molar-refractivity contribution in [1.29, 1.82) is 0 Å². The van der Waals surface area contributed by atoms with Gasteiger partial charge in [0, 0.05) is 30.3 Å². The summed E-state index contributed by atoms with van der Waals surface area (Å²) < 4.78 is 5.00. The molecule has 0 aromatic heterocycles. The fraction of sp³-hybridized carbons (Fsp3) is 0.125. The summed E-state index contributed by atoms with van der Waals surface area (Å²) in [5.74, 6) is -0.570. The lowest BCUT2D eigenvalue weighted by Crippen LogP contribution is -2.22. The Kier molecular flexibility index (Phi) is 6.60. The Morgan fingerprint density at radius 1 is 0.833 bits per heavy atom. The summed E-state index contributed by atoms with van der Waals surface area (Å²) in [5.41, 5.74) is 3.57.